The Kier molecular flexibility index (Phi) is 36.5. The lowest BCUT2D eigenvalue weighted by molar-refractivity contribution is -0.0283. The Bertz CT molecular complexity index is 667. The van der Waals surface area contributed by atoms with Crippen molar-refractivity contribution in [1.82, 2.24) is 5.32 Å². The van der Waals surface area contributed by atoms with Gasteiger partial charge in [-0.1, -0.05) is 25.8 Å². The van der Waals surface area contributed by atoms with Crippen LogP contribution >= 0.6 is 0 Å². The van der Waals surface area contributed by atoms with Crippen LogP contribution in [-0.2, 0) is 56.8 Å². The summed E-state index contributed by atoms with van der Waals surface area (Å²) in [6.45, 7) is 18.9. The highest BCUT2D eigenvalue weighted by atomic mass is 16.6. The second-order valence-corrected chi connectivity index (χ2v) is 11.0. The molecule has 1 aliphatic rings. The van der Waals surface area contributed by atoms with Crippen LogP contribution in [0.2, 0.25) is 0 Å². The van der Waals surface area contributed by atoms with E-state index in [-0.39, 0.29) is 0 Å². The van der Waals surface area contributed by atoms with Crippen molar-refractivity contribution in [3.05, 3.63) is 11.3 Å². The Morgan fingerprint density at radius 1 is 0.375 bits per heavy atom. The third-order valence-corrected chi connectivity index (χ3v) is 6.75. The molecule has 1 rings (SSSR count). The number of hydrogen-bond acceptors (Lipinski definition) is 13. The van der Waals surface area contributed by atoms with E-state index in [2.05, 4.69) is 19.2 Å². The van der Waals surface area contributed by atoms with Gasteiger partial charge >= 0.3 is 0 Å². The molecule has 1 fully saturated rings. The predicted molar refractivity (Wildman–Crippen MR) is 184 cm³/mol. The largest absolute Gasteiger partial charge is 0.388 e. The molecule has 0 aromatic carbocycles. The van der Waals surface area contributed by atoms with Crippen molar-refractivity contribution < 1.29 is 56.8 Å². The first-order valence-electron chi connectivity index (χ1n) is 18.3. The quantitative estimate of drug-likeness (QED) is 0.0940. The van der Waals surface area contributed by atoms with Gasteiger partial charge in [0.1, 0.15) is 0 Å². The minimum Gasteiger partial charge on any atom is -0.388 e. The number of ether oxygens (including phenoxy) is 12. The summed E-state index contributed by atoms with van der Waals surface area (Å²) in [7, 11) is 0. The molecule has 0 aromatic heterocycles. The first-order chi connectivity index (χ1) is 23.9. The molecule has 0 heterocycles. The summed E-state index contributed by atoms with van der Waals surface area (Å²) in [4.78, 5) is 0. The fourth-order valence-electron chi connectivity index (χ4n) is 3.97. The molecule has 0 radical (unpaired) electrons. The van der Waals surface area contributed by atoms with Crippen molar-refractivity contribution in [2.45, 2.75) is 52.4 Å². The summed E-state index contributed by atoms with van der Waals surface area (Å²) < 4.78 is 66.1. The van der Waals surface area contributed by atoms with Gasteiger partial charge < -0.3 is 62.2 Å². The summed E-state index contributed by atoms with van der Waals surface area (Å²) in [6, 6.07) is 0. The molecule has 1 saturated carbocycles. The molecule has 13 heteroatoms. The number of hydrogen-bond donors (Lipinski definition) is 1. The highest BCUT2D eigenvalue weighted by Crippen LogP contribution is 2.31. The average molecular weight is 696 g/mol. The number of unbranched alkanes of at least 4 members (excludes halogenated alkanes) is 1. The molecule has 286 valence electrons. The molecule has 0 spiro atoms. The first kappa shape index (κ1) is 45.1. The maximum Gasteiger partial charge on any atom is 0.0701 e. The van der Waals surface area contributed by atoms with Crippen LogP contribution in [0.25, 0.3) is 0 Å². The maximum atomic E-state index is 5.69. The van der Waals surface area contributed by atoms with Crippen LogP contribution in [0.4, 0.5) is 0 Å². The smallest absolute Gasteiger partial charge is 0.0701 e. The van der Waals surface area contributed by atoms with E-state index in [1.54, 1.807) is 5.57 Å². The van der Waals surface area contributed by atoms with Gasteiger partial charge in [0.25, 0.3) is 0 Å². The fraction of sp³-hybridized carbons (Fsp3) is 0.943. The van der Waals surface area contributed by atoms with Crippen molar-refractivity contribution in [3.63, 3.8) is 0 Å². The monoisotopic (exact) mass is 695 g/mol. The SMILES string of the molecule is CCCCOCCOCCOCCOCCOCCOCCOCCOCCOCCOCCOCCOCCC(NCCC)=C1CC1. The minimum atomic E-state index is 0.519. The predicted octanol–water partition coefficient (Wildman–Crippen LogP) is 3.42. The van der Waals surface area contributed by atoms with Gasteiger partial charge in [-0.15, -0.1) is 0 Å². The second-order valence-electron chi connectivity index (χ2n) is 11.0. The summed E-state index contributed by atoms with van der Waals surface area (Å²) >= 11 is 0. The number of rotatable bonds is 42. The van der Waals surface area contributed by atoms with Gasteiger partial charge in [0.05, 0.1) is 152 Å². The molecule has 48 heavy (non-hydrogen) atoms. The van der Waals surface area contributed by atoms with Crippen molar-refractivity contribution in [1.29, 1.82) is 0 Å². The Labute approximate surface area is 290 Å². The third-order valence-electron chi connectivity index (χ3n) is 6.75. The van der Waals surface area contributed by atoms with E-state index >= 15 is 0 Å². The maximum absolute atomic E-state index is 5.69. The van der Waals surface area contributed by atoms with Crippen molar-refractivity contribution >= 4 is 0 Å². The van der Waals surface area contributed by atoms with Gasteiger partial charge in [-0.2, -0.15) is 0 Å². The standard InChI is InChI=1S/C35H69NO12/c1-3-5-10-37-12-14-39-16-18-41-20-22-43-24-26-45-28-30-47-32-33-48-31-29-46-27-25-44-23-21-42-19-17-40-15-13-38-11-8-35(34-6-7-34)36-9-4-2/h36H,3-33H2,1-2H3. The summed E-state index contributed by atoms with van der Waals surface area (Å²) in [5.41, 5.74) is 2.95. The Morgan fingerprint density at radius 2 is 0.646 bits per heavy atom. The highest BCUT2D eigenvalue weighted by Gasteiger charge is 2.17. The molecule has 1 aliphatic carbocycles. The van der Waals surface area contributed by atoms with Gasteiger partial charge in [-0.05, 0) is 25.7 Å². The van der Waals surface area contributed by atoms with E-state index in [1.807, 2.05) is 0 Å². The van der Waals surface area contributed by atoms with Crippen molar-refractivity contribution in [2.24, 2.45) is 0 Å². The molecular weight excluding hydrogens is 626 g/mol. The topological polar surface area (TPSA) is 123 Å². The Balaban J connectivity index is 1.62. The van der Waals surface area contributed by atoms with Crippen molar-refractivity contribution in [3.8, 4) is 0 Å². The van der Waals surface area contributed by atoms with Crippen LogP contribution in [0.15, 0.2) is 11.3 Å². The molecular formula is C35H69NO12. The van der Waals surface area contributed by atoms with E-state index in [0.717, 1.165) is 45.4 Å². The normalized spacial score (nSPS) is 12.7. The van der Waals surface area contributed by atoms with Crippen LogP contribution in [0.5, 0.6) is 0 Å². The van der Waals surface area contributed by atoms with Crippen LogP contribution < -0.4 is 5.32 Å². The van der Waals surface area contributed by atoms with Gasteiger partial charge in [0.15, 0.2) is 0 Å². The summed E-state index contributed by atoms with van der Waals surface area (Å²) in [5, 5.41) is 3.53. The molecule has 0 saturated heterocycles. The first-order valence-corrected chi connectivity index (χ1v) is 18.3. The Morgan fingerprint density at radius 3 is 0.896 bits per heavy atom. The van der Waals surface area contributed by atoms with E-state index in [0.29, 0.717) is 145 Å². The van der Waals surface area contributed by atoms with Crippen LogP contribution in [0.1, 0.15) is 52.4 Å². The molecule has 0 amide bonds. The molecule has 13 nitrogen and oxygen atoms in total. The fourth-order valence-corrected chi connectivity index (χ4v) is 3.97. The molecule has 0 unspecified atom stereocenters. The lowest BCUT2D eigenvalue weighted by Crippen LogP contribution is -2.17. The summed E-state index contributed by atoms with van der Waals surface area (Å²) in [5.74, 6) is 0. The molecule has 1 N–H and O–H groups in total. The molecule has 0 bridgehead atoms. The van der Waals surface area contributed by atoms with Gasteiger partial charge in [0.2, 0.25) is 0 Å². The molecule has 0 atom stereocenters. The van der Waals surface area contributed by atoms with Crippen LogP contribution in [-0.4, -0.2) is 165 Å². The van der Waals surface area contributed by atoms with Gasteiger partial charge in [-0.3, -0.25) is 0 Å². The van der Waals surface area contributed by atoms with E-state index in [1.165, 1.54) is 18.5 Å². The zero-order chi connectivity index (χ0) is 34.3. The van der Waals surface area contributed by atoms with Crippen molar-refractivity contribution in [2.75, 3.05) is 165 Å². The lowest BCUT2D eigenvalue weighted by Gasteiger charge is -2.11. The van der Waals surface area contributed by atoms with E-state index in [4.69, 9.17) is 56.8 Å². The second kappa shape index (κ2) is 38.9. The number of nitrogens with one attached hydrogen (secondary N) is 1. The average Bonchev–Trinajstić information content (AvgIpc) is 3.95. The zero-order valence-corrected chi connectivity index (χ0v) is 30.3. The molecule has 0 aliphatic heterocycles. The minimum absolute atomic E-state index is 0.519. The van der Waals surface area contributed by atoms with Crippen LogP contribution in [0, 0.1) is 0 Å². The van der Waals surface area contributed by atoms with Gasteiger partial charge in [-0.25, -0.2) is 0 Å². The zero-order valence-electron chi connectivity index (χ0n) is 30.3. The lowest BCUT2D eigenvalue weighted by atomic mass is 10.3. The molecule has 0 aromatic rings. The number of allylic oxidation sites excluding steroid dienone is 1. The highest BCUT2D eigenvalue weighted by molar-refractivity contribution is 5.24. The van der Waals surface area contributed by atoms with E-state index in [9.17, 15) is 0 Å². The van der Waals surface area contributed by atoms with E-state index < -0.39 is 0 Å². The van der Waals surface area contributed by atoms with Crippen LogP contribution in [0.3, 0.4) is 0 Å². The third kappa shape index (κ3) is 34.9. The van der Waals surface area contributed by atoms with Gasteiger partial charge in [0, 0.05) is 25.3 Å². The summed E-state index contributed by atoms with van der Waals surface area (Å²) in [6.07, 6.45) is 6.83. The Hall–Kier alpha value is -0.940.